The molecule has 0 saturated heterocycles. The minimum absolute atomic E-state index is 0. The molecule has 180 valence electrons. The van der Waals surface area contributed by atoms with Crippen molar-refractivity contribution in [1.82, 2.24) is 10.6 Å². The third-order valence-electron chi connectivity index (χ3n) is 6.28. The number of anilines is 1. The number of fused-ring (bicyclic) bond motifs is 2. The van der Waals surface area contributed by atoms with Crippen LogP contribution in [0.1, 0.15) is 24.5 Å². The maximum atomic E-state index is 13.8. The quantitative estimate of drug-likeness (QED) is 0.474. The van der Waals surface area contributed by atoms with Gasteiger partial charge in [-0.05, 0) is 67.4 Å². The monoisotopic (exact) mass is 545 g/mol. The molecule has 4 rings (SSSR count). The van der Waals surface area contributed by atoms with Gasteiger partial charge in [0, 0.05) is 15.7 Å². The van der Waals surface area contributed by atoms with Crippen molar-refractivity contribution in [1.29, 1.82) is 0 Å². The lowest BCUT2D eigenvalue weighted by molar-refractivity contribution is -0.128. The Labute approximate surface area is 214 Å². The van der Waals surface area contributed by atoms with E-state index in [1.807, 2.05) is 48.5 Å². The molecule has 2 atom stereocenters. The molecule has 0 spiro atoms. The molecule has 0 bridgehead atoms. The van der Waals surface area contributed by atoms with Gasteiger partial charge in [0.05, 0.1) is 19.7 Å². The first-order chi connectivity index (χ1) is 15.9. The van der Waals surface area contributed by atoms with E-state index in [2.05, 4.69) is 32.6 Å². The second-order valence-corrected chi connectivity index (χ2v) is 9.19. The highest BCUT2D eigenvalue weighted by Gasteiger charge is 2.32. The summed E-state index contributed by atoms with van der Waals surface area (Å²) in [5.41, 5.74) is 2.89. The summed E-state index contributed by atoms with van der Waals surface area (Å²) < 4.78 is 6.68. The normalized spacial score (nSPS) is 16.3. The van der Waals surface area contributed by atoms with Crippen LogP contribution in [0, 0.1) is 0 Å². The van der Waals surface area contributed by atoms with Gasteiger partial charge in [0.15, 0.2) is 0 Å². The van der Waals surface area contributed by atoms with Gasteiger partial charge in [0.1, 0.15) is 11.8 Å². The first-order valence-electron chi connectivity index (χ1n) is 11.0. The second kappa shape index (κ2) is 11.2. The van der Waals surface area contributed by atoms with E-state index in [1.165, 1.54) is 0 Å². The van der Waals surface area contributed by atoms with Crippen LogP contribution >= 0.6 is 28.3 Å². The number of nitrogens with one attached hydrogen (secondary N) is 2. The SMILES string of the molecule is CN[C@H](C)C(=O)N[C@H]1CCc2ccccc2N(Cc2c(OC)ccc3cc(Br)ccc23)C1=O.Cl. The summed E-state index contributed by atoms with van der Waals surface area (Å²) in [7, 11) is 3.37. The number of likely N-dealkylation sites (N-methyl/N-ethyl adjacent to an activating group) is 1. The molecule has 0 saturated carbocycles. The largest absolute Gasteiger partial charge is 0.496 e. The summed E-state index contributed by atoms with van der Waals surface area (Å²) in [5, 5.41) is 7.97. The fraction of sp³-hybridized carbons (Fsp3) is 0.308. The molecular formula is C26H29BrClN3O3. The van der Waals surface area contributed by atoms with Crippen LogP contribution in [0.25, 0.3) is 10.8 Å². The maximum Gasteiger partial charge on any atom is 0.249 e. The molecule has 0 aliphatic carbocycles. The Kier molecular flexibility index (Phi) is 8.57. The van der Waals surface area contributed by atoms with Crippen molar-refractivity contribution < 1.29 is 14.3 Å². The average molecular weight is 547 g/mol. The molecule has 2 N–H and O–H groups in total. The van der Waals surface area contributed by atoms with E-state index in [-0.39, 0.29) is 30.3 Å². The number of rotatable bonds is 6. The molecule has 3 aromatic carbocycles. The molecule has 1 aliphatic rings. The summed E-state index contributed by atoms with van der Waals surface area (Å²) in [6.07, 6.45) is 1.26. The van der Waals surface area contributed by atoms with Crippen LogP contribution in [0.15, 0.2) is 59.1 Å². The average Bonchev–Trinajstić information content (AvgIpc) is 2.95. The van der Waals surface area contributed by atoms with Gasteiger partial charge < -0.3 is 20.3 Å². The predicted octanol–water partition coefficient (Wildman–Crippen LogP) is 4.60. The van der Waals surface area contributed by atoms with E-state index >= 15 is 0 Å². The number of halogens is 2. The number of hydrogen-bond donors (Lipinski definition) is 2. The number of nitrogens with zero attached hydrogens (tertiary/aromatic N) is 1. The molecule has 0 unspecified atom stereocenters. The van der Waals surface area contributed by atoms with Crippen molar-refractivity contribution in [3.8, 4) is 5.75 Å². The summed E-state index contributed by atoms with van der Waals surface area (Å²) in [4.78, 5) is 28.2. The Bertz CT molecular complexity index is 1200. The molecule has 0 aromatic heterocycles. The van der Waals surface area contributed by atoms with E-state index in [4.69, 9.17) is 4.74 Å². The highest BCUT2D eigenvalue weighted by Crippen LogP contribution is 2.34. The van der Waals surface area contributed by atoms with E-state index < -0.39 is 6.04 Å². The minimum atomic E-state index is -0.601. The Hall–Kier alpha value is -2.61. The molecule has 2 amide bonds. The molecule has 34 heavy (non-hydrogen) atoms. The van der Waals surface area contributed by atoms with Crippen LogP contribution in [0.3, 0.4) is 0 Å². The fourth-order valence-electron chi connectivity index (χ4n) is 4.30. The summed E-state index contributed by atoms with van der Waals surface area (Å²) in [6, 6.07) is 17.0. The number of methoxy groups -OCH3 is 1. The van der Waals surface area contributed by atoms with Crippen LogP contribution in [-0.2, 0) is 22.6 Å². The second-order valence-electron chi connectivity index (χ2n) is 8.28. The summed E-state index contributed by atoms with van der Waals surface area (Å²) in [5.74, 6) is 0.422. The predicted molar refractivity (Wildman–Crippen MR) is 142 cm³/mol. The Morgan fingerprint density at radius 1 is 1.21 bits per heavy atom. The first-order valence-corrected chi connectivity index (χ1v) is 11.8. The van der Waals surface area contributed by atoms with Crippen molar-refractivity contribution >= 4 is 56.6 Å². The van der Waals surface area contributed by atoms with Crippen molar-refractivity contribution in [2.75, 3.05) is 19.1 Å². The molecule has 1 heterocycles. The third kappa shape index (κ3) is 5.22. The van der Waals surface area contributed by atoms with Crippen LogP contribution in [0.2, 0.25) is 0 Å². The number of amides is 2. The Morgan fingerprint density at radius 2 is 1.97 bits per heavy atom. The number of aryl methyl sites for hydroxylation is 1. The molecule has 6 nitrogen and oxygen atoms in total. The van der Waals surface area contributed by atoms with Crippen LogP contribution in [-0.4, -0.2) is 38.1 Å². The molecule has 3 aromatic rings. The van der Waals surface area contributed by atoms with Crippen molar-refractivity contribution in [2.45, 2.75) is 38.4 Å². The molecule has 8 heteroatoms. The van der Waals surface area contributed by atoms with Crippen molar-refractivity contribution in [3.63, 3.8) is 0 Å². The van der Waals surface area contributed by atoms with Crippen molar-refractivity contribution in [2.24, 2.45) is 0 Å². The molecule has 0 fully saturated rings. The van der Waals surface area contributed by atoms with Gasteiger partial charge in [-0.1, -0.05) is 46.3 Å². The first kappa shape index (κ1) is 26.0. The van der Waals surface area contributed by atoms with Crippen LogP contribution in [0.4, 0.5) is 5.69 Å². The highest BCUT2D eigenvalue weighted by molar-refractivity contribution is 9.10. The van der Waals surface area contributed by atoms with Gasteiger partial charge in [-0.2, -0.15) is 0 Å². The fourth-order valence-corrected chi connectivity index (χ4v) is 4.68. The molecular weight excluding hydrogens is 518 g/mol. The van der Waals surface area contributed by atoms with Gasteiger partial charge in [-0.3, -0.25) is 9.59 Å². The van der Waals surface area contributed by atoms with Gasteiger partial charge in [-0.15, -0.1) is 12.4 Å². The molecule has 0 radical (unpaired) electrons. The van der Waals surface area contributed by atoms with Crippen LogP contribution in [0.5, 0.6) is 5.75 Å². The highest BCUT2D eigenvalue weighted by atomic mass is 79.9. The molecule has 1 aliphatic heterocycles. The zero-order valence-electron chi connectivity index (χ0n) is 19.4. The topological polar surface area (TPSA) is 70.7 Å². The standard InChI is InChI=1S/C26H28BrN3O3.ClH/c1-16(28-2)25(31)29-22-12-8-17-6-4-5-7-23(17)30(26(22)32)15-21-20-11-10-19(27)14-18(20)9-13-24(21)33-3;/h4-7,9-11,13-14,16,22,28H,8,12,15H2,1-3H3,(H,29,31);1H/t16-,22+;/m1./s1. The maximum absolute atomic E-state index is 13.8. The number of ether oxygens (including phenoxy) is 1. The lowest BCUT2D eigenvalue weighted by Gasteiger charge is -2.28. The van der Waals surface area contributed by atoms with E-state index in [1.54, 1.807) is 26.0 Å². The van der Waals surface area contributed by atoms with Gasteiger partial charge in [0.25, 0.3) is 0 Å². The van der Waals surface area contributed by atoms with Gasteiger partial charge >= 0.3 is 0 Å². The van der Waals surface area contributed by atoms with Crippen LogP contribution < -0.4 is 20.3 Å². The van der Waals surface area contributed by atoms with Crippen molar-refractivity contribution in [3.05, 3.63) is 70.2 Å². The number of benzene rings is 3. The van der Waals surface area contributed by atoms with Gasteiger partial charge in [0.2, 0.25) is 11.8 Å². The lowest BCUT2D eigenvalue weighted by Crippen LogP contribution is -2.52. The zero-order chi connectivity index (χ0) is 23.5. The minimum Gasteiger partial charge on any atom is -0.496 e. The Morgan fingerprint density at radius 3 is 2.71 bits per heavy atom. The third-order valence-corrected chi connectivity index (χ3v) is 6.77. The Balaban J connectivity index is 0.00000324. The smallest absolute Gasteiger partial charge is 0.249 e. The number of para-hydroxylation sites is 1. The van der Waals surface area contributed by atoms with E-state index in [0.29, 0.717) is 19.4 Å². The van der Waals surface area contributed by atoms with E-state index in [0.717, 1.165) is 37.8 Å². The zero-order valence-corrected chi connectivity index (χ0v) is 21.8. The number of carbonyl (C=O) groups is 2. The summed E-state index contributed by atoms with van der Waals surface area (Å²) in [6.45, 7) is 2.12. The van der Waals surface area contributed by atoms with E-state index in [9.17, 15) is 9.59 Å². The lowest BCUT2D eigenvalue weighted by atomic mass is 10.0. The van der Waals surface area contributed by atoms with Gasteiger partial charge in [-0.25, -0.2) is 0 Å². The number of hydrogen-bond acceptors (Lipinski definition) is 4. The summed E-state index contributed by atoms with van der Waals surface area (Å²) >= 11 is 3.54. The number of carbonyl (C=O) groups excluding carboxylic acids is 2.